The summed E-state index contributed by atoms with van der Waals surface area (Å²) in [6.07, 6.45) is 1.44. The Hall–Kier alpha value is -2.47. The number of aromatic nitrogens is 2. The number of Topliss-reactive ketones (excluding diaryl/α,β-unsaturated/α-hetero) is 1. The molecule has 0 aliphatic carbocycles. The number of benzene rings is 1. The van der Waals surface area contributed by atoms with E-state index in [-0.39, 0.29) is 11.1 Å². The van der Waals surface area contributed by atoms with Crippen LogP contribution in [0.25, 0.3) is 0 Å². The molecule has 1 aromatic heterocycles. The summed E-state index contributed by atoms with van der Waals surface area (Å²) in [6.45, 7) is 1.48. The van der Waals surface area contributed by atoms with Gasteiger partial charge >= 0.3 is 6.03 Å². The molecule has 0 saturated heterocycles. The average Bonchev–Trinajstić information content (AvgIpc) is 2.39. The van der Waals surface area contributed by atoms with Gasteiger partial charge in [-0.3, -0.25) is 10.1 Å². The molecule has 0 unspecified atom stereocenters. The fraction of sp³-hybridized carbons (Fsp3) is 0.0769. The number of hydrogen-bond acceptors (Lipinski definition) is 4. The largest absolute Gasteiger partial charge is 0.324 e. The molecule has 6 nitrogen and oxygen atoms in total. The molecule has 2 amide bonds. The molecule has 0 bridgehead atoms. The predicted octanol–water partition coefficient (Wildman–Crippen LogP) is 2.98. The quantitative estimate of drug-likeness (QED) is 0.672. The van der Waals surface area contributed by atoms with Crippen LogP contribution in [0.3, 0.4) is 0 Å². The molecule has 0 aliphatic heterocycles. The van der Waals surface area contributed by atoms with Gasteiger partial charge in [-0.1, -0.05) is 0 Å². The highest BCUT2D eigenvalue weighted by molar-refractivity contribution is 6.28. The summed E-state index contributed by atoms with van der Waals surface area (Å²) in [5.41, 5.74) is 1.14. The van der Waals surface area contributed by atoms with Crippen LogP contribution in [0.2, 0.25) is 5.28 Å². The van der Waals surface area contributed by atoms with Gasteiger partial charge in [0.1, 0.15) is 5.82 Å². The van der Waals surface area contributed by atoms with E-state index in [9.17, 15) is 9.59 Å². The number of carbonyl (C=O) groups excluding carboxylic acids is 2. The molecule has 0 saturated carbocycles. The van der Waals surface area contributed by atoms with Crippen molar-refractivity contribution >= 4 is 34.9 Å². The molecular weight excluding hydrogens is 280 g/mol. The molecule has 2 aromatic rings. The number of hydrogen-bond donors (Lipinski definition) is 2. The molecule has 102 valence electrons. The highest BCUT2D eigenvalue weighted by Gasteiger charge is 2.05. The van der Waals surface area contributed by atoms with Crippen molar-refractivity contribution in [2.45, 2.75) is 6.92 Å². The predicted molar refractivity (Wildman–Crippen MR) is 76.1 cm³/mol. The van der Waals surface area contributed by atoms with Gasteiger partial charge in [-0.25, -0.2) is 14.8 Å². The van der Waals surface area contributed by atoms with E-state index >= 15 is 0 Å². The van der Waals surface area contributed by atoms with Crippen LogP contribution in [0.5, 0.6) is 0 Å². The smallest absolute Gasteiger partial charge is 0.308 e. The number of halogens is 1. The second-order valence-corrected chi connectivity index (χ2v) is 4.26. The summed E-state index contributed by atoms with van der Waals surface area (Å²) in [5, 5.41) is 5.18. The minimum absolute atomic E-state index is 0.0309. The van der Waals surface area contributed by atoms with Gasteiger partial charge in [0.15, 0.2) is 5.78 Å². The van der Waals surface area contributed by atoms with Crippen LogP contribution >= 0.6 is 11.6 Å². The number of rotatable bonds is 3. The van der Waals surface area contributed by atoms with Gasteiger partial charge < -0.3 is 5.32 Å². The van der Waals surface area contributed by atoms with Crippen LogP contribution in [0.15, 0.2) is 36.5 Å². The lowest BCUT2D eigenvalue weighted by molar-refractivity contribution is 0.101. The molecule has 0 atom stereocenters. The monoisotopic (exact) mass is 290 g/mol. The van der Waals surface area contributed by atoms with E-state index < -0.39 is 6.03 Å². The van der Waals surface area contributed by atoms with Crippen molar-refractivity contribution in [1.82, 2.24) is 9.97 Å². The number of ketones is 1. The Kier molecular flexibility index (Phi) is 4.27. The van der Waals surface area contributed by atoms with Gasteiger partial charge in [-0.05, 0) is 48.9 Å². The summed E-state index contributed by atoms with van der Waals surface area (Å²) in [4.78, 5) is 30.4. The third-order valence-electron chi connectivity index (χ3n) is 2.42. The lowest BCUT2D eigenvalue weighted by atomic mass is 10.1. The molecule has 7 heteroatoms. The van der Waals surface area contributed by atoms with Crippen LogP contribution < -0.4 is 10.6 Å². The van der Waals surface area contributed by atoms with Crippen molar-refractivity contribution in [3.8, 4) is 0 Å². The zero-order valence-corrected chi connectivity index (χ0v) is 11.3. The Bertz CT molecular complexity index is 643. The van der Waals surface area contributed by atoms with Crippen LogP contribution in [0, 0.1) is 0 Å². The number of anilines is 2. The van der Waals surface area contributed by atoms with E-state index in [0.29, 0.717) is 17.1 Å². The van der Waals surface area contributed by atoms with Crippen molar-refractivity contribution in [2.75, 3.05) is 10.6 Å². The minimum Gasteiger partial charge on any atom is -0.308 e. The Morgan fingerprint density at radius 1 is 1.10 bits per heavy atom. The zero-order valence-electron chi connectivity index (χ0n) is 10.6. The lowest BCUT2D eigenvalue weighted by Gasteiger charge is -2.07. The third kappa shape index (κ3) is 3.76. The zero-order chi connectivity index (χ0) is 14.5. The number of amides is 2. The first-order valence-electron chi connectivity index (χ1n) is 5.72. The summed E-state index contributed by atoms with van der Waals surface area (Å²) in [6, 6.07) is 7.62. The van der Waals surface area contributed by atoms with E-state index in [4.69, 9.17) is 11.6 Å². The Morgan fingerprint density at radius 2 is 1.80 bits per heavy atom. The molecule has 0 radical (unpaired) electrons. The van der Waals surface area contributed by atoms with Crippen LogP contribution in [-0.4, -0.2) is 21.8 Å². The summed E-state index contributed by atoms with van der Waals surface area (Å²) < 4.78 is 0. The Morgan fingerprint density at radius 3 is 2.40 bits per heavy atom. The number of nitrogens with one attached hydrogen (secondary N) is 2. The second-order valence-electron chi connectivity index (χ2n) is 3.92. The van der Waals surface area contributed by atoms with E-state index in [1.54, 1.807) is 24.3 Å². The number of urea groups is 1. The van der Waals surface area contributed by atoms with Gasteiger partial charge in [0.25, 0.3) is 0 Å². The maximum atomic E-state index is 11.7. The first kappa shape index (κ1) is 14.0. The minimum atomic E-state index is -0.463. The molecular formula is C13H11ClN4O2. The molecule has 1 heterocycles. The van der Waals surface area contributed by atoms with E-state index in [0.717, 1.165) is 0 Å². The van der Waals surface area contributed by atoms with Gasteiger partial charge in [0.2, 0.25) is 5.28 Å². The highest BCUT2D eigenvalue weighted by atomic mass is 35.5. The molecule has 0 aliphatic rings. The second kappa shape index (κ2) is 6.12. The topological polar surface area (TPSA) is 84.0 Å². The third-order valence-corrected chi connectivity index (χ3v) is 2.60. The Balaban J connectivity index is 1.99. The van der Waals surface area contributed by atoms with Crippen LogP contribution in [-0.2, 0) is 0 Å². The average molecular weight is 291 g/mol. The first-order valence-corrected chi connectivity index (χ1v) is 6.10. The van der Waals surface area contributed by atoms with Gasteiger partial charge in [0, 0.05) is 17.4 Å². The summed E-state index contributed by atoms with van der Waals surface area (Å²) >= 11 is 5.61. The van der Waals surface area contributed by atoms with Crippen molar-refractivity contribution in [2.24, 2.45) is 0 Å². The van der Waals surface area contributed by atoms with Crippen molar-refractivity contribution in [3.05, 3.63) is 47.4 Å². The normalized spacial score (nSPS) is 9.90. The molecule has 0 spiro atoms. The molecule has 0 fully saturated rings. The van der Waals surface area contributed by atoms with E-state index in [1.165, 1.54) is 19.2 Å². The fourth-order valence-corrected chi connectivity index (χ4v) is 1.62. The van der Waals surface area contributed by atoms with Crippen molar-refractivity contribution in [3.63, 3.8) is 0 Å². The lowest BCUT2D eigenvalue weighted by Crippen LogP contribution is -2.20. The van der Waals surface area contributed by atoms with Gasteiger partial charge in [-0.15, -0.1) is 0 Å². The maximum absolute atomic E-state index is 11.7. The summed E-state index contributed by atoms with van der Waals surface area (Å²) in [7, 11) is 0. The van der Waals surface area contributed by atoms with Crippen molar-refractivity contribution < 1.29 is 9.59 Å². The van der Waals surface area contributed by atoms with Gasteiger partial charge in [-0.2, -0.15) is 0 Å². The Labute approximate surface area is 120 Å². The fourth-order valence-electron chi connectivity index (χ4n) is 1.47. The highest BCUT2D eigenvalue weighted by Crippen LogP contribution is 2.11. The SMILES string of the molecule is CC(=O)c1ccc(NC(=O)Nc2ccnc(Cl)n2)cc1. The van der Waals surface area contributed by atoms with Crippen molar-refractivity contribution in [1.29, 1.82) is 0 Å². The molecule has 2 rings (SSSR count). The molecule has 2 N–H and O–H groups in total. The number of nitrogens with zero attached hydrogens (tertiary/aromatic N) is 2. The standard InChI is InChI=1S/C13H11ClN4O2/c1-8(19)9-2-4-10(5-3-9)16-13(20)18-11-6-7-15-12(14)17-11/h2-7H,1H3,(H2,15,16,17,18,20). The van der Waals surface area contributed by atoms with Crippen LogP contribution in [0.4, 0.5) is 16.3 Å². The van der Waals surface area contributed by atoms with Gasteiger partial charge in [0.05, 0.1) is 0 Å². The molecule has 20 heavy (non-hydrogen) atoms. The maximum Gasteiger partial charge on any atom is 0.324 e. The van der Waals surface area contributed by atoms with E-state index in [2.05, 4.69) is 20.6 Å². The summed E-state index contributed by atoms with van der Waals surface area (Å²) in [5.74, 6) is 0.263. The van der Waals surface area contributed by atoms with Crippen LogP contribution in [0.1, 0.15) is 17.3 Å². The first-order chi connectivity index (χ1) is 9.54. The van der Waals surface area contributed by atoms with E-state index in [1.807, 2.05) is 0 Å². The molecule has 1 aromatic carbocycles. The number of carbonyl (C=O) groups is 2.